The molecule has 0 spiro atoms. The number of nitrogens with zero attached hydrogens (tertiary/aromatic N) is 1. The van der Waals surface area contributed by atoms with E-state index in [-0.39, 0.29) is 22.3 Å². The average molecular weight is 520 g/mol. The first-order valence-electron chi connectivity index (χ1n) is 10.9. The lowest BCUT2D eigenvalue weighted by molar-refractivity contribution is 0.125. The normalized spacial score (nSPS) is 15.1. The van der Waals surface area contributed by atoms with Crippen LogP contribution in [0.1, 0.15) is 12.8 Å². The van der Waals surface area contributed by atoms with Crippen molar-refractivity contribution < 1.29 is 31.2 Å². The molecule has 2 aromatic carbocycles. The summed E-state index contributed by atoms with van der Waals surface area (Å²) in [6.07, 6.45) is 1.63. The van der Waals surface area contributed by atoms with E-state index in [0.29, 0.717) is 42.9 Å². The van der Waals surface area contributed by atoms with Crippen molar-refractivity contribution in [2.75, 3.05) is 24.4 Å². The molecule has 0 radical (unpaired) electrons. The van der Waals surface area contributed by atoms with Gasteiger partial charge in [-0.15, -0.1) is 0 Å². The first kappa shape index (κ1) is 24.8. The molecule has 0 aliphatic carbocycles. The molecule has 1 amide bonds. The van der Waals surface area contributed by atoms with E-state index in [9.17, 15) is 21.6 Å². The summed E-state index contributed by atoms with van der Waals surface area (Å²) < 4.78 is 61.9. The van der Waals surface area contributed by atoms with Gasteiger partial charge in [0.1, 0.15) is 5.76 Å². The van der Waals surface area contributed by atoms with Crippen LogP contribution in [0.5, 0.6) is 0 Å². The molecule has 2 heterocycles. The Morgan fingerprint density at radius 1 is 0.943 bits per heavy atom. The Morgan fingerprint density at radius 2 is 1.63 bits per heavy atom. The van der Waals surface area contributed by atoms with Crippen LogP contribution in [-0.4, -0.2) is 52.6 Å². The molecule has 0 unspecified atom stereocenters. The van der Waals surface area contributed by atoms with Gasteiger partial charge >= 0.3 is 6.09 Å². The average Bonchev–Trinajstić information content (AvgIpc) is 3.38. The maximum absolute atomic E-state index is 13.0. The molecule has 3 N–H and O–H groups in total. The number of anilines is 1. The van der Waals surface area contributed by atoms with E-state index in [0.717, 1.165) is 6.07 Å². The van der Waals surface area contributed by atoms with Gasteiger partial charge in [-0.25, -0.2) is 26.4 Å². The number of nitrogens with one attached hydrogen (secondary N) is 2. The van der Waals surface area contributed by atoms with Gasteiger partial charge in [-0.2, -0.15) is 0 Å². The molecule has 1 aliphatic rings. The minimum Gasteiger partial charge on any atom is -0.465 e. The third-order valence-electron chi connectivity index (χ3n) is 5.79. The van der Waals surface area contributed by atoms with Crippen LogP contribution in [0.2, 0.25) is 0 Å². The molecule has 10 nitrogen and oxygen atoms in total. The maximum Gasteiger partial charge on any atom is 0.407 e. The molecular formula is C23H25N3O7S2. The number of piperidine rings is 1. The van der Waals surface area contributed by atoms with Crippen LogP contribution >= 0.6 is 0 Å². The van der Waals surface area contributed by atoms with Gasteiger partial charge in [-0.3, -0.25) is 4.72 Å². The summed E-state index contributed by atoms with van der Waals surface area (Å²) >= 11 is 0. The predicted octanol–water partition coefficient (Wildman–Crippen LogP) is 3.42. The number of hydrogen-bond acceptors (Lipinski definition) is 6. The fraction of sp³-hybridized carbons (Fsp3) is 0.261. The number of carboxylic acid groups (broad SMARTS) is 1. The lowest BCUT2D eigenvalue weighted by Crippen LogP contribution is -2.40. The van der Waals surface area contributed by atoms with Crippen LogP contribution in [-0.2, 0) is 20.0 Å². The number of sulfonamides is 2. The van der Waals surface area contributed by atoms with Crippen molar-refractivity contribution in [3.8, 4) is 11.3 Å². The molecule has 0 bridgehead atoms. The highest BCUT2D eigenvalue weighted by Crippen LogP contribution is 2.25. The van der Waals surface area contributed by atoms with Crippen molar-refractivity contribution >= 4 is 31.8 Å². The Balaban J connectivity index is 1.45. The lowest BCUT2D eigenvalue weighted by atomic mass is 9.97. The molecular weight excluding hydrogens is 494 g/mol. The molecule has 0 atom stereocenters. The summed E-state index contributed by atoms with van der Waals surface area (Å²) in [6.45, 7) is 0.842. The molecule has 4 rings (SSSR count). The second kappa shape index (κ2) is 10.1. The molecule has 35 heavy (non-hydrogen) atoms. The van der Waals surface area contributed by atoms with Crippen molar-refractivity contribution in [3.05, 3.63) is 66.9 Å². The van der Waals surface area contributed by atoms with Crippen LogP contribution in [0.3, 0.4) is 0 Å². The lowest BCUT2D eigenvalue weighted by Gasteiger charge is -2.29. The number of furan rings is 1. The molecule has 1 fully saturated rings. The van der Waals surface area contributed by atoms with Crippen molar-refractivity contribution in [3.63, 3.8) is 0 Å². The van der Waals surface area contributed by atoms with Crippen LogP contribution in [0.25, 0.3) is 11.3 Å². The van der Waals surface area contributed by atoms with Gasteiger partial charge in [-0.05, 0) is 61.2 Å². The molecule has 1 aromatic heterocycles. The van der Waals surface area contributed by atoms with E-state index >= 15 is 0 Å². The Hall–Kier alpha value is -3.35. The molecule has 1 saturated heterocycles. The Kier molecular flexibility index (Phi) is 7.15. The van der Waals surface area contributed by atoms with E-state index in [1.807, 2.05) is 0 Å². The first-order chi connectivity index (χ1) is 16.6. The van der Waals surface area contributed by atoms with Crippen LogP contribution < -0.4 is 9.44 Å². The number of rotatable bonds is 8. The van der Waals surface area contributed by atoms with E-state index in [1.54, 1.807) is 36.4 Å². The van der Waals surface area contributed by atoms with Gasteiger partial charge in [0.05, 0.1) is 16.1 Å². The molecule has 1 aliphatic heterocycles. The SMILES string of the molecule is O=C(O)N1CCC(CNS(=O)(=O)c2cccc(S(=O)(=O)Nc3cccc(-c4ccco4)c3)c2)CC1. The number of likely N-dealkylation sites (tertiary alicyclic amines) is 1. The second-order valence-corrected chi connectivity index (χ2v) is 11.7. The minimum absolute atomic E-state index is 0.00426. The zero-order chi connectivity index (χ0) is 25.1. The van der Waals surface area contributed by atoms with Crippen LogP contribution in [0, 0.1) is 5.92 Å². The monoisotopic (exact) mass is 519 g/mol. The number of carbonyl (C=O) groups is 1. The minimum atomic E-state index is -4.07. The van der Waals surface area contributed by atoms with E-state index in [2.05, 4.69) is 9.44 Å². The fourth-order valence-corrected chi connectivity index (χ4v) is 6.17. The third kappa shape index (κ3) is 6.02. The maximum atomic E-state index is 13.0. The van der Waals surface area contributed by atoms with Gasteiger partial charge in [-0.1, -0.05) is 18.2 Å². The van der Waals surface area contributed by atoms with Crippen LogP contribution in [0.4, 0.5) is 10.5 Å². The third-order valence-corrected chi connectivity index (χ3v) is 8.59. The van der Waals surface area contributed by atoms with Gasteiger partial charge < -0.3 is 14.4 Å². The van der Waals surface area contributed by atoms with E-state index < -0.39 is 26.1 Å². The summed E-state index contributed by atoms with van der Waals surface area (Å²) in [5, 5.41) is 9.03. The number of benzene rings is 2. The second-order valence-electron chi connectivity index (χ2n) is 8.20. The highest BCUT2D eigenvalue weighted by atomic mass is 32.2. The number of hydrogen-bond donors (Lipinski definition) is 3. The van der Waals surface area contributed by atoms with Gasteiger partial charge in [0.2, 0.25) is 10.0 Å². The molecule has 3 aromatic rings. The summed E-state index contributed by atoms with van der Waals surface area (Å²) in [4.78, 5) is 12.0. The molecule has 12 heteroatoms. The zero-order valence-electron chi connectivity index (χ0n) is 18.6. The zero-order valence-corrected chi connectivity index (χ0v) is 20.3. The van der Waals surface area contributed by atoms with E-state index in [1.165, 1.54) is 29.4 Å². The molecule has 186 valence electrons. The van der Waals surface area contributed by atoms with Crippen molar-refractivity contribution in [2.45, 2.75) is 22.6 Å². The standard InChI is InChI=1S/C23H25N3O7S2/c27-23(28)26-11-9-17(10-12-26)16-24-34(29,30)20-6-2-7-21(15-20)35(31,32)25-19-5-1-4-18(14-19)22-8-3-13-33-22/h1-8,13-15,17,24-25H,9-12,16H2,(H,27,28). The van der Waals surface area contributed by atoms with Crippen LogP contribution in [0.15, 0.2) is 81.1 Å². The topological polar surface area (TPSA) is 146 Å². The number of amides is 1. The van der Waals surface area contributed by atoms with Gasteiger partial charge in [0, 0.05) is 30.9 Å². The largest absolute Gasteiger partial charge is 0.465 e. The van der Waals surface area contributed by atoms with Crippen molar-refractivity contribution in [1.82, 2.24) is 9.62 Å². The quantitative estimate of drug-likeness (QED) is 0.413. The first-order valence-corrected chi connectivity index (χ1v) is 13.8. The highest BCUT2D eigenvalue weighted by molar-refractivity contribution is 7.93. The molecule has 0 saturated carbocycles. The summed E-state index contributed by atoms with van der Waals surface area (Å²) in [5.41, 5.74) is 0.989. The van der Waals surface area contributed by atoms with Gasteiger partial charge in [0.15, 0.2) is 0 Å². The summed E-state index contributed by atoms with van der Waals surface area (Å²) in [7, 11) is -8.03. The van der Waals surface area contributed by atoms with E-state index in [4.69, 9.17) is 9.52 Å². The van der Waals surface area contributed by atoms with Crippen molar-refractivity contribution in [2.24, 2.45) is 5.92 Å². The van der Waals surface area contributed by atoms with Crippen molar-refractivity contribution in [1.29, 1.82) is 0 Å². The summed E-state index contributed by atoms with van der Waals surface area (Å²) in [5.74, 6) is 0.578. The highest BCUT2D eigenvalue weighted by Gasteiger charge is 2.25. The van der Waals surface area contributed by atoms with Gasteiger partial charge in [0.25, 0.3) is 10.0 Å². The Morgan fingerprint density at radius 3 is 2.29 bits per heavy atom. The Labute approximate surface area is 203 Å². The Bertz CT molecular complexity index is 1400. The predicted molar refractivity (Wildman–Crippen MR) is 129 cm³/mol. The summed E-state index contributed by atoms with van der Waals surface area (Å²) in [6, 6.07) is 15.3. The smallest absolute Gasteiger partial charge is 0.407 e. The fourth-order valence-electron chi connectivity index (χ4n) is 3.84.